The Balaban J connectivity index is 1.98. The highest BCUT2D eigenvalue weighted by molar-refractivity contribution is 7.16. The Bertz CT molecular complexity index is 1160. The van der Waals surface area contributed by atoms with Gasteiger partial charge in [0.1, 0.15) is 6.04 Å². The number of hydrogen-bond donors (Lipinski definition) is 2. The van der Waals surface area contributed by atoms with Crippen LogP contribution >= 0.6 is 22.9 Å². The molecule has 1 heterocycles. The van der Waals surface area contributed by atoms with Gasteiger partial charge in [-0.25, -0.2) is 4.79 Å². The van der Waals surface area contributed by atoms with E-state index in [0.29, 0.717) is 16.3 Å². The maximum atomic E-state index is 13.7. The van der Waals surface area contributed by atoms with Gasteiger partial charge in [0.05, 0.1) is 4.34 Å². The van der Waals surface area contributed by atoms with E-state index in [1.165, 1.54) is 16.2 Å². The molecule has 2 amide bonds. The fraction of sp³-hybridized carbons (Fsp3) is 0.269. The summed E-state index contributed by atoms with van der Waals surface area (Å²) < 4.78 is 0.615. The molecule has 3 N–H and O–H groups in total. The molecule has 3 rings (SSSR count). The van der Waals surface area contributed by atoms with Crippen molar-refractivity contribution in [3.8, 4) is 11.1 Å². The number of carbonyl (C=O) groups excluding carboxylic acids is 2. The first-order chi connectivity index (χ1) is 16.1. The first kappa shape index (κ1) is 25.5. The molecule has 3 aromatic rings. The zero-order valence-corrected chi connectivity index (χ0v) is 20.6. The summed E-state index contributed by atoms with van der Waals surface area (Å²) in [6, 6.07) is 19.2. The summed E-state index contributed by atoms with van der Waals surface area (Å²) >= 11 is 7.47. The largest absolute Gasteiger partial charge is 0.480 e. The summed E-state index contributed by atoms with van der Waals surface area (Å²) in [6.07, 6.45) is 0.181. The van der Waals surface area contributed by atoms with E-state index in [1.54, 1.807) is 18.2 Å². The summed E-state index contributed by atoms with van der Waals surface area (Å²) in [5.41, 5.74) is 6.72. The fourth-order valence-corrected chi connectivity index (χ4v) is 5.32. The van der Waals surface area contributed by atoms with Crippen molar-refractivity contribution in [3.63, 3.8) is 0 Å². The molecule has 1 aromatic heterocycles. The van der Waals surface area contributed by atoms with Crippen LogP contribution < -0.4 is 5.73 Å². The molecular weight excluding hydrogens is 472 g/mol. The third kappa shape index (κ3) is 6.24. The number of amides is 2. The predicted molar refractivity (Wildman–Crippen MR) is 135 cm³/mol. The SMILES string of the molecule is CC(C)(Cc1ccc(Cl)s1)N(C(=O)c1ccc(-c2ccccc2)cc1)[C@@H](CCC(N)=O)C(=O)O. The van der Waals surface area contributed by atoms with E-state index in [2.05, 4.69) is 0 Å². The number of carbonyl (C=O) groups is 3. The van der Waals surface area contributed by atoms with Crippen molar-refractivity contribution in [1.29, 1.82) is 0 Å². The fourth-order valence-electron chi connectivity index (χ4n) is 4.01. The first-order valence-corrected chi connectivity index (χ1v) is 12.0. The molecular formula is C26H27ClN2O4S. The van der Waals surface area contributed by atoms with Crippen molar-refractivity contribution in [2.24, 2.45) is 5.73 Å². The molecule has 0 aliphatic carbocycles. The van der Waals surface area contributed by atoms with Crippen LogP contribution in [0.15, 0.2) is 66.7 Å². The van der Waals surface area contributed by atoms with Crippen LogP contribution in [0.3, 0.4) is 0 Å². The Labute approximate surface area is 208 Å². The third-order valence-electron chi connectivity index (χ3n) is 5.61. The highest BCUT2D eigenvalue weighted by Crippen LogP contribution is 2.32. The molecule has 0 aliphatic rings. The maximum Gasteiger partial charge on any atom is 0.326 e. The number of halogens is 1. The molecule has 0 spiro atoms. The Kier molecular flexibility index (Phi) is 8.12. The number of benzene rings is 2. The summed E-state index contributed by atoms with van der Waals surface area (Å²) in [4.78, 5) is 39.7. The number of aliphatic carboxylic acids is 1. The Morgan fingerprint density at radius 3 is 2.15 bits per heavy atom. The lowest BCUT2D eigenvalue weighted by atomic mass is 9.92. The normalized spacial score (nSPS) is 12.2. The molecule has 0 saturated heterocycles. The van der Waals surface area contributed by atoms with Crippen molar-refractivity contribution in [1.82, 2.24) is 4.90 Å². The second-order valence-electron chi connectivity index (χ2n) is 8.67. The molecule has 0 unspecified atom stereocenters. The molecule has 1 atom stereocenters. The van der Waals surface area contributed by atoms with Gasteiger partial charge in [-0.2, -0.15) is 0 Å². The molecule has 0 fully saturated rings. The molecule has 0 aliphatic heterocycles. The minimum absolute atomic E-state index is 0.0763. The minimum Gasteiger partial charge on any atom is -0.480 e. The van der Waals surface area contributed by atoms with Crippen molar-refractivity contribution < 1.29 is 19.5 Å². The summed E-state index contributed by atoms with van der Waals surface area (Å²) in [7, 11) is 0. The van der Waals surface area contributed by atoms with Crippen molar-refractivity contribution in [2.45, 2.75) is 44.7 Å². The number of nitrogens with two attached hydrogens (primary N) is 1. The molecule has 34 heavy (non-hydrogen) atoms. The van der Waals surface area contributed by atoms with Crippen LogP contribution in [0.5, 0.6) is 0 Å². The van der Waals surface area contributed by atoms with Gasteiger partial charge in [-0.05, 0) is 55.7 Å². The Hall–Kier alpha value is -3.16. The number of nitrogens with zero attached hydrogens (tertiary/aromatic N) is 1. The van der Waals surface area contributed by atoms with Crippen LogP contribution in [0.25, 0.3) is 11.1 Å². The van der Waals surface area contributed by atoms with Crippen LogP contribution in [-0.4, -0.2) is 39.4 Å². The van der Waals surface area contributed by atoms with Crippen LogP contribution in [0.4, 0.5) is 0 Å². The molecule has 0 bridgehead atoms. The molecule has 178 valence electrons. The molecule has 0 saturated carbocycles. The highest BCUT2D eigenvalue weighted by Gasteiger charge is 2.40. The van der Waals surface area contributed by atoms with Gasteiger partial charge in [-0.1, -0.05) is 54.1 Å². The van der Waals surface area contributed by atoms with Gasteiger partial charge in [0.15, 0.2) is 0 Å². The average molecular weight is 499 g/mol. The number of hydrogen-bond acceptors (Lipinski definition) is 4. The van der Waals surface area contributed by atoms with Gasteiger partial charge < -0.3 is 15.7 Å². The van der Waals surface area contributed by atoms with E-state index < -0.39 is 29.4 Å². The highest BCUT2D eigenvalue weighted by atomic mass is 35.5. The number of primary amides is 1. The van der Waals surface area contributed by atoms with E-state index in [9.17, 15) is 19.5 Å². The van der Waals surface area contributed by atoms with Gasteiger partial charge in [0.25, 0.3) is 5.91 Å². The quantitative estimate of drug-likeness (QED) is 0.398. The predicted octanol–water partition coefficient (Wildman–Crippen LogP) is 5.25. The van der Waals surface area contributed by atoms with Crippen LogP contribution in [0.2, 0.25) is 4.34 Å². The van der Waals surface area contributed by atoms with E-state index in [1.807, 2.05) is 62.4 Å². The second kappa shape index (κ2) is 10.8. The summed E-state index contributed by atoms with van der Waals surface area (Å²) in [6.45, 7) is 3.63. The van der Waals surface area contributed by atoms with Crippen LogP contribution in [-0.2, 0) is 16.0 Å². The molecule has 6 nitrogen and oxygen atoms in total. The van der Waals surface area contributed by atoms with Crippen LogP contribution in [0.1, 0.15) is 41.9 Å². The number of carboxylic acid groups (broad SMARTS) is 1. The standard InChI is InChI=1S/C26H27ClN2O4S/c1-26(2,16-20-12-14-22(27)34-20)29(21(25(32)33)13-15-23(28)30)24(31)19-10-8-18(9-11-19)17-6-4-3-5-7-17/h3-12,14,21H,13,15-16H2,1-2H3,(H2,28,30)(H,32,33)/t21-/m0/s1. The van der Waals surface area contributed by atoms with E-state index in [4.69, 9.17) is 17.3 Å². The van der Waals surface area contributed by atoms with E-state index in [0.717, 1.165) is 16.0 Å². The van der Waals surface area contributed by atoms with Gasteiger partial charge in [-0.3, -0.25) is 9.59 Å². The first-order valence-electron chi connectivity index (χ1n) is 10.8. The van der Waals surface area contributed by atoms with Crippen molar-refractivity contribution in [2.75, 3.05) is 0 Å². The molecule has 8 heteroatoms. The zero-order chi connectivity index (χ0) is 24.9. The number of carboxylic acids is 1. The van der Waals surface area contributed by atoms with Crippen LogP contribution in [0, 0.1) is 0 Å². The third-order valence-corrected chi connectivity index (χ3v) is 6.84. The number of thiophene rings is 1. The summed E-state index contributed by atoms with van der Waals surface area (Å²) in [5, 5.41) is 10.0. The topological polar surface area (TPSA) is 101 Å². The average Bonchev–Trinajstić information content (AvgIpc) is 3.20. The summed E-state index contributed by atoms with van der Waals surface area (Å²) in [5.74, 6) is -2.23. The van der Waals surface area contributed by atoms with Crippen molar-refractivity contribution in [3.05, 3.63) is 81.5 Å². The van der Waals surface area contributed by atoms with Gasteiger partial charge in [-0.15, -0.1) is 11.3 Å². The lowest BCUT2D eigenvalue weighted by Crippen LogP contribution is -2.57. The van der Waals surface area contributed by atoms with Gasteiger partial charge in [0.2, 0.25) is 5.91 Å². The smallest absolute Gasteiger partial charge is 0.326 e. The molecule has 0 radical (unpaired) electrons. The van der Waals surface area contributed by atoms with Gasteiger partial charge in [0, 0.05) is 28.8 Å². The van der Waals surface area contributed by atoms with E-state index >= 15 is 0 Å². The lowest BCUT2D eigenvalue weighted by molar-refractivity contribution is -0.144. The van der Waals surface area contributed by atoms with E-state index in [-0.39, 0.29) is 12.8 Å². The monoisotopic (exact) mass is 498 g/mol. The Morgan fingerprint density at radius 1 is 1.00 bits per heavy atom. The Morgan fingerprint density at radius 2 is 1.62 bits per heavy atom. The zero-order valence-electron chi connectivity index (χ0n) is 19.0. The second-order valence-corrected chi connectivity index (χ2v) is 10.5. The number of rotatable bonds is 10. The minimum atomic E-state index is -1.22. The van der Waals surface area contributed by atoms with Gasteiger partial charge >= 0.3 is 5.97 Å². The molecule has 2 aromatic carbocycles. The lowest BCUT2D eigenvalue weighted by Gasteiger charge is -2.42. The van der Waals surface area contributed by atoms with Crippen molar-refractivity contribution >= 4 is 40.7 Å². The maximum absolute atomic E-state index is 13.7.